The maximum absolute atomic E-state index is 14.2. The molecule has 0 radical (unpaired) electrons. The smallest absolute Gasteiger partial charge is 0.435 e. The molecule has 1 aliphatic rings. The maximum atomic E-state index is 14.2. The van der Waals surface area contributed by atoms with Gasteiger partial charge in [-0.25, -0.2) is 8.91 Å². The molecule has 4 aromatic rings. The Kier molecular flexibility index (Phi) is 3.20. The van der Waals surface area contributed by atoms with E-state index in [1.165, 1.54) is 16.6 Å². The molecule has 5 rings (SSSR count). The zero-order valence-corrected chi connectivity index (χ0v) is 14.3. The van der Waals surface area contributed by atoms with Crippen molar-refractivity contribution in [3.05, 3.63) is 47.4 Å². The quantitative estimate of drug-likeness (QED) is 0.357. The van der Waals surface area contributed by atoms with Crippen LogP contribution in [0.2, 0.25) is 0 Å². The second kappa shape index (κ2) is 5.34. The van der Waals surface area contributed by atoms with Crippen molar-refractivity contribution in [1.82, 2.24) is 9.61 Å². The van der Waals surface area contributed by atoms with Crippen LogP contribution < -0.4 is 10.1 Å². The number of halogens is 4. The molecule has 0 saturated carbocycles. The third kappa shape index (κ3) is 2.25. The van der Waals surface area contributed by atoms with Crippen molar-refractivity contribution in [2.24, 2.45) is 0 Å². The van der Waals surface area contributed by atoms with Crippen LogP contribution in [0, 0.1) is 12.7 Å². The summed E-state index contributed by atoms with van der Waals surface area (Å²) in [5.74, 6) is -0.574. The van der Waals surface area contributed by atoms with E-state index in [0.29, 0.717) is 38.7 Å². The van der Waals surface area contributed by atoms with Gasteiger partial charge < -0.3 is 10.1 Å². The summed E-state index contributed by atoms with van der Waals surface area (Å²) in [7, 11) is 0. The largest absolute Gasteiger partial charge is 0.482 e. The van der Waals surface area contributed by atoms with Crippen molar-refractivity contribution in [2.75, 3.05) is 11.9 Å². The third-order valence-electron chi connectivity index (χ3n) is 4.81. The number of pyridine rings is 1. The maximum Gasteiger partial charge on any atom is 0.435 e. The zero-order chi connectivity index (χ0) is 19.8. The standard InChI is InChI=1S/C19H11F4N3O2/c1-8-4-9(20)5-11-16-10(2-3-13-17(16)24-15(27)7-28-13)12-6-14(19(21,22)23)25-26(12)18(8)11/h2-6H,7H2,1H3,(H,24,27). The van der Waals surface area contributed by atoms with Gasteiger partial charge in [0.05, 0.1) is 16.7 Å². The summed E-state index contributed by atoms with van der Waals surface area (Å²) < 4.78 is 60.7. The number of hydrogen-bond acceptors (Lipinski definition) is 3. The van der Waals surface area contributed by atoms with Crippen molar-refractivity contribution in [2.45, 2.75) is 13.1 Å². The summed E-state index contributed by atoms with van der Waals surface area (Å²) in [6.07, 6.45) is -4.63. The highest BCUT2D eigenvalue weighted by atomic mass is 19.4. The van der Waals surface area contributed by atoms with E-state index in [1.807, 2.05) is 0 Å². The third-order valence-corrected chi connectivity index (χ3v) is 4.81. The summed E-state index contributed by atoms with van der Waals surface area (Å²) >= 11 is 0. The number of alkyl halides is 3. The fourth-order valence-electron chi connectivity index (χ4n) is 3.73. The molecule has 1 N–H and O–H groups in total. The van der Waals surface area contributed by atoms with Crippen LogP contribution in [0.25, 0.3) is 27.2 Å². The Morgan fingerprint density at radius 3 is 2.71 bits per heavy atom. The number of benzene rings is 2. The molecule has 2 aromatic heterocycles. The molecule has 2 aromatic carbocycles. The molecule has 0 fully saturated rings. The number of fused-ring (bicyclic) bond motifs is 8. The van der Waals surface area contributed by atoms with Gasteiger partial charge in [0.25, 0.3) is 5.91 Å². The number of nitrogens with zero attached hydrogens (tertiary/aromatic N) is 2. The minimum Gasteiger partial charge on any atom is -0.482 e. The summed E-state index contributed by atoms with van der Waals surface area (Å²) in [5, 5.41) is 7.56. The second-order valence-corrected chi connectivity index (χ2v) is 6.64. The van der Waals surface area contributed by atoms with Crippen molar-refractivity contribution < 1.29 is 27.1 Å². The topological polar surface area (TPSA) is 55.6 Å². The average molecular weight is 389 g/mol. The van der Waals surface area contributed by atoms with Crippen molar-refractivity contribution in [3.8, 4) is 5.75 Å². The van der Waals surface area contributed by atoms with Gasteiger partial charge in [-0.05, 0) is 42.8 Å². The minimum atomic E-state index is -4.63. The van der Waals surface area contributed by atoms with Crippen LogP contribution in [0.15, 0.2) is 30.3 Å². The van der Waals surface area contributed by atoms with Crippen LogP contribution in [0.5, 0.6) is 5.75 Å². The minimum absolute atomic E-state index is 0.170. The predicted octanol–water partition coefficient (Wildman–Crippen LogP) is 4.44. The molecule has 0 spiro atoms. The van der Waals surface area contributed by atoms with Crippen LogP contribution in [0.4, 0.5) is 23.2 Å². The Morgan fingerprint density at radius 1 is 1.18 bits per heavy atom. The van der Waals surface area contributed by atoms with Crippen LogP contribution >= 0.6 is 0 Å². The van der Waals surface area contributed by atoms with E-state index in [4.69, 9.17) is 4.74 Å². The van der Waals surface area contributed by atoms with Gasteiger partial charge in [-0.3, -0.25) is 4.79 Å². The van der Waals surface area contributed by atoms with E-state index >= 15 is 0 Å². The molecule has 3 heterocycles. The van der Waals surface area contributed by atoms with Gasteiger partial charge in [-0.2, -0.15) is 18.3 Å². The molecular weight excluding hydrogens is 378 g/mol. The molecule has 0 atom stereocenters. The van der Waals surface area contributed by atoms with Gasteiger partial charge in [0, 0.05) is 16.2 Å². The molecule has 1 amide bonds. The van der Waals surface area contributed by atoms with Gasteiger partial charge in [-0.15, -0.1) is 0 Å². The number of carbonyl (C=O) groups is 1. The Labute approximate surface area is 154 Å². The lowest BCUT2D eigenvalue weighted by Gasteiger charge is -2.21. The Morgan fingerprint density at radius 2 is 1.96 bits per heavy atom. The molecule has 0 saturated heterocycles. The number of amides is 1. The van der Waals surface area contributed by atoms with E-state index in [0.717, 1.165) is 6.07 Å². The molecular formula is C19H11F4N3O2. The predicted molar refractivity (Wildman–Crippen MR) is 94.0 cm³/mol. The van der Waals surface area contributed by atoms with E-state index < -0.39 is 23.6 Å². The number of nitrogens with one attached hydrogen (secondary N) is 1. The molecule has 0 bridgehead atoms. The first kappa shape index (κ1) is 16.8. The monoisotopic (exact) mass is 389 g/mol. The number of carbonyl (C=O) groups excluding carboxylic acids is 1. The van der Waals surface area contributed by atoms with Crippen LogP contribution in [-0.2, 0) is 11.0 Å². The Balaban J connectivity index is 2.06. The second-order valence-electron chi connectivity index (χ2n) is 6.64. The van der Waals surface area contributed by atoms with Crippen molar-refractivity contribution >= 4 is 38.8 Å². The Hall–Kier alpha value is -3.36. The lowest BCUT2D eigenvalue weighted by Crippen LogP contribution is -2.25. The van der Waals surface area contributed by atoms with Gasteiger partial charge in [0.2, 0.25) is 0 Å². The number of hydrogen-bond donors (Lipinski definition) is 1. The van der Waals surface area contributed by atoms with E-state index in [9.17, 15) is 22.4 Å². The van der Waals surface area contributed by atoms with Crippen LogP contribution in [0.3, 0.4) is 0 Å². The summed E-state index contributed by atoms with van der Waals surface area (Å²) in [6, 6.07) is 6.55. The number of aryl methyl sites for hydroxylation is 1. The Bertz CT molecular complexity index is 1320. The highest BCUT2D eigenvalue weighted by Crippen LogP contribution is 2.43. The molecule has 28 heavy (non-hydrogen) atoms. The SMILES string of the molecule is Cc1cc(F)cc2c3c4c(ccc3c3cc(C(F)(F)F)nn3c12)OCC(=O)N4. The van der Waals surface area contributed by atoms with Gasteiger partial charge >= 0.3 is 6.18 Å². The van der Waals surface area contributed by atoms with Crippen molar-refractivity contribution in [3.63, 3.8) is 0 Å². The summed E-state index contributed by atoms with van der Waals surface area (Å²) in [4.78, 5) is 11.9. The highest BCUT2D eigenvalue weighted by Gasteiger charge is 2.35. The van der Waals surface area contributed by atoms with E-state index in [-0.39, 0.29) is 12.1 Å². The number of ether oxygens (including phenoxy) is 1. The lowest BCUT2D eigenvalue weighted by atomic mass is 9.99. The lowest BCUT2D eigenvalue weighted by molar-refractivity contribution is -0.141. The summed E-state index contributed by atoms with van der Waals surface area (Å²) in [6.45, 7) is 1.42. The fourth-order valence-corrected chi connectivity index (χ4v) is 3.73. The average Bonchev–Trinajstić information content (AvgIpc) is 3.06. The molecule has 1 aliphatic heterocycles. The highest BCUT2D eigenvalue weighted by molar-refractivity contribution is 6.21. The van der Waals surface area contributed by atoms with Crippen LogP contribution in [0.1, 0.15) is 11.3 Å². The zero-order valence-electron chi connectivity index (χ0n) is 14.3. The molecule has 0 unspecified atom stereocenters. The summed E-state index contributed by atoms with van der Waals surface area (Å²) in [5.41, 5.74) is 0.197. The fraction of sp³-hybridized carbons (Fsp3) is 0.158. The van der Waals surface area contributed by atoms with Gasteiger partial charge in [-0.1, -0.05) is 0 Å². The molecule has 5 nitrogen and oxygen atoms in total. The van der Waals surface area contributed by atoms with Gasteiger partial charge in [0.1, 0.15) is 11.6 Å². The first-order valence-corrected chi connectivity index (χ1v) is 8.32. The first-order valence-electron chi connectivity index (χ1n) is 8.32. The van der Waals surface area contributed by atoms with E-state index in [1.54, 1.807) is 19.1 Å². The normalized spacial score (nSPS) is 14.4. The number of rotatable bonds is 0. The van der Waals surface area contributed by atoms with Crippen LogP contribution in [-0.4, -0.2) is 22.1 Å². The van der Waals surface area contributed by atoms with Crippen molar-refractivity contribution in [1.29, 1.82) is 0 Å². The number of anilines is 1. The molecule has 142 valence electrons. The number of aromatic nitrogens is 2. The van der Waals surface area contributed by atoms with Gasteiger partial charge in [0.15, 0.2) is 12.3 Å². The first-order chi connectivity index (χ1) is 13.2. The van der Waals surface area contributed by atoms with E-state index in [2.05, 4.69) is 10.4 Å². The molecule has 9 heteroatoms. The molecule has 0 aliphatic carbocycles.